The van der Waals surface area contributed by atoms with Gasteiger partial charge in [0, 0.05) is 17.9 Å². The molecule has 2 aromatic rings. The Hall–Kier alpha value is -2.47. The van der Waals surface area contributed by atoms with Crippen LogP contribution in [0.4, 0.5) is 0 Å². The first-order valence-electron chi connectivity index (χ1n) is 8.13. The Balaban J connectivity index is 1.44. The number of nitrogens with one attached hydrogen (secondary N) is 1. The lowest BCUT2D eigenvalue weighted by atomic mass is 10.1. The van der Waals surface area contributed by atoms with E-state index in [1.54, 1.807) is 23.8 Å². The number of methoxy groups -OCH3 is 1. The fourth-order valence-electron chi connectivity index (χ4n) is 3.29. The molecule has 5 nitrogen and oxygen atoms in total. The van der Waals surface area contributed by atoms with Crippen molar-refractivity contribution in [2.45, 2.75) is 18.0 Å². The molecule has 6 heteroatoms. The Morgan fingerprint density at radius 1 is 1.24 bits per heavy atom. The molecule has 0 spiro atoms. The van der Waals surface area contributed by atoms with Gasteiger partial charge >= 0.3 is 0 Å². The molecule has 1 saturated heterocycles. The number of ether oxygens (including phenoxy) is 1. The number of thioether (sulfide) groups is 1. The third kappa shape index (κ3) is 2.76. The summed E-state index contributed by atoms with van der Waals surface area (Å²) in [6.07, 6.45) is 0. The summed E-state index contributed by atoms with van der Waals surface area (Å²) in [5.41, 5.74) is 2.72. The molecule has 2 aromatic carbocycles. The lowest BCUT2D eigenvalue weighted by molar-refractivity contribution is -0.124. The molecule has 128 valence electrons. The molecule has 1 fully saturated rings. The van der Waals surface area contributed by atoms with Gasteiger partial charge in [0.1, 0.15) is 17.2 Å². The van der Waals surface area contributed by atoms with Crippen LogP contribution in [0.5, 0.6) is 5.75 Å². The average molecular weight is 354 g/mol. The number of carbonyl (C=O) groups excluding carboxylic acids is 2. The van der Waals surface area contributed by atoms with Crippen molar-refractivity contribution in [1.29, 1.82) is 0 Å². The van der Waals surface area contributed by atoms with Crippen molar-refractivity contribution in [3.05, 3.63) is 65.2 Å². The maximum atomic E-state index is 12.7. The van der Waals surface area contributed by atoms with Gasteiger partial charge in [-0.15, -0.1) is 11.8 Å². The van der Waals surface area contributed by atoms with Crippen LogP contribution in [0.25, 0.3) is 0 Å². The zero-order valence-corrected chi connectivity index (χ0v) is 14.6. The van der Waals surface area contributed by atoms with E-state index in [0.717, 1.165) is 16.9 Å². The third-order valence-electron chi connectivity index (χ3n) is 4.62. The number of nitrogens with zero attached hydrogens (tertiary/aromatic N) is 1. The summed E-state index contributed by atoms with van der Waals surface area (Å²) in [5.74, 6) is 1.26. The molecule has 2 atom stereocenters. The monoisotopic (exact) mass is 354 g/mol. The molecular formula is C19H18N2O3S. The Kier molecular flexibility index (Phi) is 4.13. The average Bonchev–Trinajstić information content (AvgIpc) is 3.21. The molecule has 0 bridgehead atoms. The van der Waals surface area contributed by atoms with Crippen molar-refractivity contribution in [2.75, 3.05) is 12.9 Å². The fraction of sp³-hybridized carbons (Fsp3) is 0.263. The van der Waals surface area contributed by atoms with Gasteiger partial charge in [0.05, 0.1) is 7.11 Å². The highest BCUT2D eigenvalue weighted by atomic mass is 32.2. The molecule has 2 aliphatic heterocycles. The quantitative estimate of drug-likeness (QED) is 0.917. The summed E-state index contributed by atoms with van der Waals surface area (Å²) in [5, 5.41) is 2.91. The molecule has 4 rings (SSSR count). The first kappa shape index (κ1) is 16.0. The Bertz CT molecular complexity index is 822. The van der Waals surface area contributed by atoms with Crippen molar-refractivity contribution < 1.29 is 14.3 Å². The first-order chi connectivity index (χ1) is 12.2. The lowest BCUT2D eigenvalue weighted by Crippen LogP contribution is -2.45. The van der Waals surface area contributed by atoms with Crippen molar-refractivity contribution in [2.24, 2.45) is 0 Å². The van der Waals surface area contributed by atoms with Gasteiger partial charge in [-0.05, 0) is 29.3 Å². The standard InChI is InChI=1S/C19H18N2O3S/c1-24-13-8-6-12(7-9-13)10-20-17(22)16-11-25-19-15-5-3-2-4-14(15)18(23)21(16)19/h2-9,16,19H,10-11H2,1H3,(H,20,22). The number of rotatable bonds is 4. The van der Waals surface area contributed by atoms with Crippen LogP contribution >= 0.6 is 11.8 Å². The number of amides is 2. The van der Waals surface area contributed by atoms with Crippen LogP contribution in [0.3, 0.4) is 0 Å². The van der Waals surface area contributed by atoms with E-state index in [1.807, 2.05) is 48.5 Å². The van der Waals surface area contributed by atoms with Crippen molar-refractivity contribution in [3.63, 3.8) is 0 Å². The van der Waals surface area contributed by atoms with Crippen molar-refractivity contribution in [3.8, 4) is 5.75 Å². The van der Waals surface area contributed by atoms with Gasteiger partial charge in [0.15, 0.2) is 0 Å². The zero-order valence-electron chi connectivity index (χ0n) is 13.8. The van der Waals surface area contributed by atoms with Gasteiger partial charge in [-0.1, -0.05) is 30.3 Å². The van der Waals surface area contributed by atoms with E-state index in [2.05, 4.69) is 5.32 Å². The maximum absolute atomic E-state index is 12.7. The summed E-state index contributed by atoms with van der Waals surface area (Å²) in [4.78, 5) is 27.0. The minimum Gasteiger partial charge on any atom is -0.497 e. The van der Waals surface area contributed by atoms with Crippen LogP contribution in [0.2, 0.25) is 0 Å². The van der Waals surface area contributed by atoms with Crippen LogP contribution in [0.15, 0.2) is 48.5 Å². The second kappa shape index (κ2) is 6.44. The van der Waals surface area contributed by atoms with E-state index in [-0.39, 0.29) is 17.2 Å². The SMILES string of the molecule is COc1ccc(CNC(=O)C2CSC3c4ccccc4C(=O)N23)cc1. The number of carbonyl (C=O) groups is 2. The predicted molar refractivity (Wildman–Crippen MR) is 96.4 cm³/mol. The lowest BCUT2D eigenvalue weighted by Gasteiger charge is -2.22. The number of benzene rings is 2. The van der Waals surface area contributed by atoms with E-state index in [4.69, 9.17) is 4.74 Å². The summed E-state index contributed by atoms with van der Waals surface area (Å²) >= 11 is 1.65. The molecule has 0 radical (unpaired) electrons. The second-order valence-electron chi connectivity index (χ2n) is 6.07. The fourth-order valence-corrected chi connectivity index (χ4v) is 4.76. The van der Waals surface area contributed by atoms with Gasteiger partial charge in [0.25, 0.3) is 5.91 Å². The molecule has 2 aliphatic rings. The van der Waals surface area contributed by atoms with Gasteiger partial charge in [-0.25, -0.2) is 0 Å². The van der Waals surface area contributed by atoms with E-state index < -0.39 is 6.04 Å². The van der Waals surface area contributed by atoms with Crippen LogP contribution in [-0.2, 0) is 11.3 Å². The van der Waals surface area contributed by atoms with Crippen LogP contribution in [0.1, 0.15) is 26.9 Å². The van der Waals surface area contributed by atoms with Crippen molar-refractivity contribution in [1.82, 2.24) is 10.2 Å². The summed E-state index contributed by atoms with van der Waals surface area (Å²) in [6, 6.07) is 14.8. The maximum Gasteiger partial charge on any atom is 0.256 e. The number of hydrogen-bond donors (Lipinski definition) is 1. The number of fused-ring (bicyclic) bond motifs is 3. The zero-order chi connectivity index (χ0) is 17.4. The molecule has 0 aromatic heterocycles. The van der Waals surface area contributed by atoms with E-state index in [0.29, 0.717) is 17.9 Å². The minimum atomic E-state index is -0.423. The molecule has 2 unspecified atom stereocenters. The normalized spacial score (nSPS) is 21.0. The van der Waals surface area contributed by atoms with E-state index >= 15 is 0 Å². The highest BCUT2D eigenvalue weighted by molar-refractivity contribution is 7.99. The van der Waals surface area contributed by atoms with Gasteiger partial charge in [-0.2, -0.15) is 0 Å². The molecule has 0 saturated carbocycles. The molecule has 2 amide bonds. The third-order valence-corrected chi connectivity index (χ3v) is 5.93. The second-order valence-corrected chi connectivity index (χ2v) is 7.18. The molecule has 1 N–H and O–H groups in total. The Labute approximate surface area is 150 Å². The molecule has 25 heavy (non-hydrogen) atoms. The van der Waals surface area contributed by atoms with E-state index in [1.165, 1.54) is 0 Å². The summed E-state index contributed by atoms with van der Waals surface area (Å²) in [7, 11) is 1.62. The van der Waals surface area contributed by atoms with Crippen LogP contribution < -0.4 is 10.1 Å². The number of hydrogen-bond acceptors (Lipinski definition) is 4. The van der Waals surface area contributed by atoms with Gasteiger partial charge < -0.3 is 15.0 Å². The highest BCUT2D eigenvalue weighted by Gasteiger charge is 2.48. The topological polar surface area (TPSA) is 58.6 Å². The minimum absolute atomic E-state index is 0.0413. The van der Waals surface area contributed by atoms with E-state index in [9.17, 15) is 9.59 Å². The van der Waals surface area contributed by atoms with Crippen LogP contribution in [-0.4, -0.2) is 35.6 Å². The predicted octanol–water partition coefficient (Wildman–Crippen LogP) is 2.58. The molecule has 0 aliphatic carbocycles. The largest absolute Gasteiger partial charge is 0.497 e. The Morgan fingerprint density at radius 2 is 2.00 bits per heavy atom. The summed E-state index contributed by atoms with van der Waals surface area (Å²) < 4.78 is 5.13. The highest BCUT2D eigenvalue weighted by Crippen LogP contribution is 2.48. The van der Waals surface area contributed by atoms with Crippen molar-refractivity contribution >= 4 is 23.6 Å². The summed E-state index contributed by atoms with van der Waals surface area (Å²) in [6.45, 7) is 0.434. The smallest absolute Gasteiger partial charge is 0.256 e. The van der Waals surface area contributed by atoms with Gasteiger partial charge in [-0.3, -0.25) is 9.59 Å². The Morgan fingerprint density at radius 3 is 2.76 bits per heavy atom. The molecular weight excluding hydrogens is 336 g/mol. The van der Waals surface area contributed by atoms with Crippen LogP contribution in [0, 0.1) is 0 Å². The first-order valence-corrected chi connectivity index (χ1v) is 9.18. The van der Waals surface area contributed by atoms with Gasteiger partial charge in [0.2, 0.25) is 5.91 Å². The molecule has 2 heterocycles.